The highest BCUT2D eigenvalue weighted by Crippen LogP contribution is 2.68. The molecule has 2 N–H and O–H groups in total. The summed E-state index contributed by atoms with van der Waals surface area (Å²) in [6.07, 6.45) is 9.90. The summed E-state index contributed by atoms with van der Waals surface area (Å²) in [6, 6.07) is 0. The van der Waals surface area contributed by atoms with Crippen molar-refractivity contribution < 1.29 is 28.0 Å². The molecule has 5 fully saturated rings. The third kappa shape index (κ3) is 4.80. The second kappa shape index (κ2) is 10.0. The molecular formula is C29H48NO6S-. The number of nitrogens with zero attached hydrogens (tertiary/aromatic N) is 1. The minimum atomic E-state index is -4.37. The standard InChI is InChI=1S/C29H49NO6S/c1-18(6-11-27(33)30-14-4-5-21(17-30)37(34,35)36)23-9-10-24-22-8-7-19-15-20(31)12-13-28(19,2)25(22)16-26(32)29(23,24)3/h18-26,31-32H,4-17H2,1-3H3,(H,34,35,36)/p-1/t18-,19-,20-,21+,22+,23-,24+,25+,26+,28+,29-/m1/s1. The van der Waals surface area contributed by atoms with E-state index in [0.29, 0.717) is 61.3 Å². The third-order valence-corrected chi connectivity index (χ3v) is 13.7. The predicted octanol–water partition coefficient (Wildman–Crippen LogP) is 3.93. The number of fused-ring (bicyclic) bond motifs is 5. The molecule has 4 aliphatic carbocycles. The lowest BCUT2D eigenvalue weighted by Gasteiger charge is -2.62. The molecule has 5 aliphatic rings. The SMILES string of the molecule is C[C@H](CCC(=O)N1CCC[C@H](S(=O)(=O)[O-])C1)[C@H]1CC[C@H]2[C@@H]3CC[C@@H]4C[C@H](O)CC[C@]4(C)[C@H]3C[C@H](O)[C@]12C. The lowest BCUT2D eigenvalue weighted by Crippen LogP contribution is -2.58. The Balaban J connectivity index is 1.24. The first-order valence-electron chi connectivity index (χ1n) is 14.9. The fourth-order valence-corrected chi connectivity index (χ4v) is 11.1. The average Bonchev–Trinajstić information content (AvgIpc) is 3.22. The number of hydrogen-bond acceptors (Lipinski definition) is 6. The van der Waals surface area contributed by atoms with Crippen LogP contribution in [0.15, 0.2) is 0 Å². The van der Waals surface area contributed by atoms with E-state index in [4.69, 9.17) is 0 Å². The summed E-state index contributed by atoms with van der Waals surface area (Å²) in [6.45, 7) is 7.55. The van der Waals surface area contributed by atoms with Gasteiger partial charge in [-0.15, -0.1) is 0 Å². The van der Waals surface area contributed by atoms with Crippen molar-refractivity contribution in [3.8, 4) is 0 Å². The quantitative estimate of drug-likeness (QED) is 0.512. The first-order valence-corrected chi connectivity index (χ1v) is 16.4. The largest absolute Gasteiger partial charge is 0.748 e. The molecule has 212 valence electrons. The molecule has 0 aromatic rings. The van der Waals surface area contributed by atoms with Gasteiger partial charge >= 0.3 is 0 Å². The molecule has 7 nitrogen and oxygen atoms in total. The zero-order valence-corrected chi connectivity index (χ0v) is 23.8. The van der Waals surface area contributed by atoms with Crippen LogP contribution in [-0.2, 0) is 14.9 Å². The number of rotatable bonds is 5. The van der Waals surface area contributed by atoms with Gasteiger partial charge in [0.25, 0.3) is 0 Å². The normalized spacial score (nSPS) is 47.0. The van der Waals surface area contributed by atoms with E-state index in [0.717, 1.165) is 44.9 Å². The van der Waals surface area contributed by atoms with Gasteiger partial charge in [-0.3, -0.25) is 4.79 Å². The number of aliphatic hydroxyl groups excluding tert-OH is 2. The average molecular weight is 539 g/mol. The van der Waals surface area contributed by atoms with Gasteiger partial charge in [-0.05, 0) is 117 Å². The van der Waals surface area contributed by atoms with Crippen LogP contribution in [0.2, 0.25) is 0 Å². The molecule has 37 heavy (non-hydrogen) atoms. The Hall–Kier alpha value is -0.700. The van der Waals surface area contributed by atoms with Crippen molar-refractivity contribution in [2.24, 2.45) is 46.3 Å². The first kappa shape index (κ1) is 27.9. The molecule has 0 unspecified atom stereocenters. The van der Waals surface area contributed by atoms with Crippen molar-refractivity contribution in [3.63, 3.8) is 0 Å². The number of hydrogen-bond donors (Lipinski definition) is 2. The Morgan fingerprint density at radius 1 is 1.05 bits per heavy atom. The number of amides is 1. The molecule has 1 aliphatic heterocycles. The lowest BCUT2D eigenvalue weighted by molar-refractivity contribution is -0.175. The summed E-state index contributed by atoms with van der Waals surface area (Å²) in [4.78, 5) is 14.5. The lowest BCUT2D eigenvalue weighted by atomic mass is 9.43. The number of piperidine rings is 1. The number of aliphatic hydroxyl groups is 2. The first-order chi connectivity index (χ1) is 17.4. The maximum absolute atomic E-state index is 13.0. The Kier molecular flexibility index (Phi) is 7.56. The van der Waals surface area contributed by atoms with E-state index in [1.807, 2.05) is 0 Å². The second-order valence-corrected chi connectivity index (χ2v) is 15.7. The molecule has 5 rings (SSSR count). The number of carbonyl (C=O) groups excluding carboxylic acids is 1. The van der Waals surface area contributed by atoms with Crippen molar-refractivity contribution in [1.29, 1.82) is 0 Å². The highest BCUT2D eigenvalue weighted by atomic mass is 32.2. The molecule has 0 aromatic carbocycles. The molecule has 11 atom stereocenters. The molecule has 0 spiro atoms. The summed E-state index contributed by atoms with van der Waals surface area (Å²) >= 11 is 0. The zero-order chi connectivity index (χ0) is 26.8. The van der Waals surface area contributed by atoms with Crippen molar-refractivity contribution in [2.45, 2.75) is 115 Å². The van der Waals surface area contributed by atoms with Crippen LogP contribution < -0.4 is 0 Å². The van der Waals surface area contributed by atoms with E-state index in [2.05, 4.69) is 20.8 Å². The van der Waals surface area contributed by atoms with Gasteiger partial charge in [0.05, 0.1) is 27.6 Å². The van der Waals surface area contributed by atoms with Crippen molar-refractivity contribution >= 4 is 16.0 Å². The molecule has 0 bridgehead atoms. The van der Waals surface area contributed by atoms with Gasteiger partial charge in [0, 0.05) is 19.5 Å². The van der Waals surface area contributed by atoms with E-state index in [-0.39, 0.29) is 35.5 Å². The minimum Gasteiger partial charge on any atom is -0.748 e. The molecule has 1 heterocycles. The van der Waals surface area contributed by atoms with Gasteiger partial charge in [0.15, 0.2) is 0 Å². The fourth-order valence-electron chi connectivity index (χ4n) is 10.3. The van der Waals surface area contributed by atoms with Crippen LogP contribution in [0, 0.1) is 46.3 Å². The molecular weight excluding hydrogens is 490 g/mol. The second-order valence-electron chi connectivity index (χ2n) is 14.0. The number of likely N-dealkylation sites (tertiary alicyclic amines) is 1. The van der Waals surface area contributed by atoms with Gasteiger partial charge in [-0.1, -0.05) is 20.8 Å². The Morgan fingerprint density at radius 2 is 1.81 bits per heavy atom. The third-order valence-electron chi connectivity index (χ3n) is 12.5. The van der Waals surface area contributed by atoms with Gasteiger partial charge in [-0.25, -0.2) is 8.42 Å². The Bertz CT molecular complexity index is 971. The van der Waals surface area contributed by atoms with E-state index < -0.39 is 15.4 Å². The maximum atomic E-state index is 13.0. The van der Waals surface area contributed by atoms with Crippen LogP contribution in [-0.4, -0.2) is 64.5 Å². The van der Waals surface area contributed by atoms with Crippen LogP contribution in [0.25, 0.3) is 0 Å². The van der Waals surface area contributed by atoms with Gasteiger partial charge in [0.1, 0.15) is 0 Å². The highest BCUT2D eigenvalue weighted by Gasteiger charge is 2.63. The smallest absolute Gasteiger partial charge is 0.222 e. The number of carbonyl (C=O) groups is 1. The van der Waals surface area contributed by atoms with E-state index >= 15 is 0 Å². The van der Waals surface area contributed by atoms with E-state index in [1.165, 1.54) is 12.8 Å². The summed E-state index contributed by atoms with van der Waals surface area (Å²) in [5, 5.41) is 21.1. The fraction of sp³-hybridized carbons (Fsp3) is 0.966. The summed E-state index contributed by atoms with van der Waals surface area (Å²) in [5.74, 6) is 2.88. The zero-order valence-electron chi connectivity index (χ0n) is 23.0. The van der Waals surface area contributed by atoms with Crippen LogP contribution in [0.3, 0.4) is 0 Å². The van der Waals surface area contributed by atoms with Crippen LogP contribution in [0.4, 0.5) is 0 Å². The molecule has 4 saturated carbocycles. The van der Waals surface area contributed by atoms with Crippen molar-refractivity contribution in [3.05, 3.63) is 0 Å². The molecule has 0 radical (unpaired) electrons. The van der Waals surface area contributed by atoms with Gasteiger partial charge in [0.2, 0.25) is 5.91 Å². The summed E-state index contributed by atoms with van der Waals surface area (Å²) in [5.41, 5.74) is 0.0955. The van der Waals surface area contributed by atoms with Crippen molar-refractivity contribution in [1.82, 2.24) is 4.90 Å². The van der Waals surface area contributed by atoms with Crippen LogP contribution >= 0.6 is 0 Å². The van der Waals surface area contributed by atoms with Crippen LogP contribution in [0.1, 0.15) is 97.8 Å². The summed E-state index contributed by atoms with van der Waals surface area (Å²) in [7, 11) is -4.37. The highest BCUT2D eigenvalue weighted by molar-refractivity contribution is 7.86. The van der Waals surface area contributed by atoms with Crippen molar-refractivity contribution in [2.75, 3.05) is 13.1 Å². The predicted molar refractivity (Wildman–Crippen MR) is 140 cm³/mol. The summed E-state index contributed by atoms with van der Waals surface area (Å²) < 4.78 is 34.4. The van der Waals surface area contributed by atoms with E-state index in [9.17, 15) is 28.0 Å². The monoisotopic (exact) mass is 538 g/mol. The van der Waals surface area contributed by atoms with Gasteiger partial charge in [-0.2, -0.15) is 0 Å². The minimum absolute atomic E-state index is 0.0286. The molecule has 1 saturated heterocycles. The Morgan fingerprint density at radius 3 is 2.54 bits per heavy atom. The molecule has 8 heteroatoms. The maximum Gasteiger partial charge on any atom is 0.222 e. The van der Waals surface area contributed by atoms with Crippen LogP contribution in [0.5, 0.6) is 0 Å². The van der Waals surface area contributed by atoms with Gasteiger partial charge < -0.3 is 19.7 Å². The molecule has 1 amide bonds. The Labute approximate surface area is 223 Å². The van der Waals surface area contributed by atoms with E-state index in [1.54, 1.807) is 4.90 Å². The molecule has 0 aromatic heterocycles. The topological polar surface area (TPSA) is 118 Å².